The van der Waals surface area contributed by atoms with Gasteiger partial charge in [-0.15, -0.1) is 0 Å². The number of para-hydroxylation sites is 1. The van der Waals surface area contributed by atoms with Gasteiger partial charge in [0.25, 0.3) is 0 Å². The highest BCUT2D eigenvalue weighted by Crippen LogP contribution is 2.34. The van der Waals surface area contributed by atoms with E-state index in [0.29, 0.717) is 17.4 Å². The van der Waals surface area contributed by atoms with E-state index in [4.69, 9.17) is 11.6 Å². The van der Waals surface area contributed by atoms with E-state index in [9.17, 15) is 5.11 Å². The van der Waals surface area contributed by atoms with E-state index in [-0.39, 0.29) is 11.8 Å². The molecule has 0 saturated heterocycles. The Kier molecular flexibility index (Phi) is 6.30. The number of nitrogens with zero attached hydrogens (tertiary/aromatic N) is 4. The normalized spacial score (nSPS) is 11.4. The summed E-state index contributed by atoms with van der Waals surface area (Å²) < 4.78 is 0. The molecule has 0 radical (unpaired) electrons. The third kappa shape index (κ3) is 4.93. The Bertz CT molecular complexity index is 1180. The topological polar surface area (TPSA) is 74.2 Å². The molecule has 4 rings (SSSR count). The predicted molar refractivity (Wildman–Crippen MR) is 125 cm³/mol. The van der Waals surface area contributed by atoms with Crippen LogP contribution in [0.5, 0.6) is 5.75 Å². The molecule has 0 spiro atoms. The van der Waals surface area contributed by atoms with Gasteiger partial charge in [0.15, 0.2) is 0 Å². The van der Waals surface area contributed by atoms with Crippen LogP contribution in [-0.2, 0) is 13.1 Å². The number of hydrogen-bond acceptors (Lipinski definition) is 6. The van der Waals surface area contributed by atoms with Crippen molar-refractivity contribution in [3.63, 3.8) is 0 Å². The molecule has 0 saturated carbocycles. The summed E-state index contributed by atoms with van der Waals surface area (Å²) in [4.78, 5) is 15.0. The molecule has 158 valence electrons. The molecule has 2 aromatic heterocycles. The van der Waals surface area contributed by atoms with Crippen molar-refractivity contribution in [1.82, 2.24) is 19.9 Å². The number of benzene rings is 2. The van der Waals surface area contributed by atoms with E-state index in [2.05, 4.69) is 39.0 Å². The molecule has 0 unspecified atom stereocenters. The third-order valence-corrected chi connectivity index (χ3v) is 5.47. The van der Waals surface area contributed by atoms with Gasteiger partial charge in [0.2, 0.25) is 0 Å². The first-order valence-corrected chi connectivity index (χ1v) is 10.5. The number of fused-ring (bicyclic) bond motifs is 1. The number of phenolic OH excluding ortho intramolecular Hbond substituents is 1. The van der Waals surface area contributed by atoms with Crippen molar-refractivity contribution in [3.8, 4) is 5.75 Å². The molecule has 0 bridgehead atoms. The highest BCUT2D eigenvalue weighted by molar-refractivity contribution is 6.32. The second kappa shape index (κ2) is 9.29. The fraction of sp³-hybridized carbons (Fsp3) is 0.208. The summed E-state index contributed by atoms with van der Waals surface area (Å²) in [5.41, 5.74) is 3.52. The van der Waals surface area contributed by atoms with Crippen molar-refractivity contribution in [1.29, 1.82) is 0 Å². The maximum absolute atomic E-state index is 10.6. The van der Waals surface area contributed by atoms with Crippen molar-refractivity contribution >= 4 is 34.0 Å². The number of aromatic hydroxyl groups is 1. The maximum atomic E-state index is 10.6. The molecule has 0 amide bonds. The molecule has 2 aromatic carbocycles. The van der Waals surface area contributed by atoms with Gasteiger partial charge in [0.05, 0.1) is 10.5 Å². The molecule has 0 aliphatic carbocycles. The van der Waals surface area contributed by atoms with Gasteiger partial charge in [-0.1, -0.05) is 23.7 Å². The minimum absolute atomic E-state index is 0.0974. The second-order valence-corrected chi connectivity index (χ2v) is 8.09. The van der Waals surface area contributed by atoms with Gasteiger partial charge < -0.3 is 10.4 Å². The Morgan fingerprint density at radius 2 is 1.81 bits per heavy atom. The minimum atomic E-state index is 0.0974. The molecule has 0 aliphatic rings. The Morgan fingerprint density at radius 3 is 2.58 bits per heavy atom. The predicted octanol–water partition coefficient (Wildman–Crippen LogP) is 5.54. The zero-order valence-electron chi connectivity index (χ0n) is 17.5. The zero-order valence-corrected chi connectivity index (χ0v) is 18.2. The van der Waals surface area contributed by atoms with Crippen LogP contribution in [0.15, 0.2) is 67.3 Å². The Balaban J connectivity index is 1.62. The maximum Gasteiger partial charge on any atom is 0.141 e. The standard InChI is InChI=1S/C24H24ClN5O/c1-16(2)30(13-17-7-9-26-10-8-17)14-18-11-19(12-21(25)23(18)31)29-24-20-5-3-4-6-22(20)27-15-28-24/h3-12,15-16,31H,13-14H2,1-2H3,(H,27,28,29). The Labute approximate surface area is 186 Å². The van der Waals surface area contributed by atoms with Crippen molar-refractivity contribution in [2.45, 2.75) is 33.0 Å². The molecular formula is C24H24ClN5O. The summed E-state index contributed by atoms with van der Waals surface area (Å²) in [6.07, 6.45) is 5.11. The number of hydrogen-bond donors (Lipinski definition) is 2. The van der Waals surface area contributed by atoms with Crippen molar-refractivity contribution in [2.75, 3.05) is 5.32 Å². The number of halogens is 1. The molecule has 4 aromatic rings. The van der Waals surface area contributed by atoms with E-state index < -0.39 is 0 Å². The summed E-state index contributed by atoms with van der Waals surface area (Å²) in [6, 6.07) is 15.7. The zero-order chi connectivity index (χ0) is 21.8. The van der Waals surface area contributed by atoms with Gasteiger partial charge in [-0.2, -0.15) is 0 Å². The fourth-order valence-electron chi connectivity index (χ4n) is 3.45. The lowest BCUT2D eigenvalue weighted by Crippen LogP contribution is -2.29. The van der Waals surface area contributed by atoms with E-state index in [0.717, 1.165) is 34.3 Å². The SMILES string of the molecule is CC(C)N(Cc1ccncc1)Cc1cc(Nc2ncnc3ccccc23)cc(Cl)c1O. The Hall–Kier alpha value is -3.22. The van der Waals surface area contributed by atoms with Crippen LogP contribution in [0.25, 0.3) is 10.9 Å². The van der Waals surface area contributed by atoms with Crippen molar-refractivity contribution < 1.29 is 5.11 Å². The van der Waals surface area contributed by atoms with Crippen LogP contribution in [0, 0.1) is 0 Å². The minimum Gasteiger partial charge on any atom is -0.506 e. The third-order valence-electron chi connectivity index (χ3n) is 5.19. The van der Waals surface area contributed by atoms with E-state index in [1.54, 1.807) is 18.5 Å². The molecular weight excluding hydrogens is 410 g/mol. The quantitative estimate of drug-likeness (QED) is 0.373. The summed E-state index contributed by atoms with van der Waals surface area (Å²) in [6.45, 7) is 5.56. The largest absolute Gasteiger partial charge is 0.506 e. The van der Waals surface area contributed by atoms with Gasteiger partial charge in [0, 0.05) is 48.2 Å². The van der Waals surface area contributed by atoms with Crippen LogP contribution < -0.4 is 5.32 Å². The number of anilines is 2. The molecule has 7 heteroatoms. The monoisotopic (exact) mass is 433 g/mol. The number of aromatic nitrogens is 3. The number of rotatable bonds is 7. The highest BCUT2D eigenvalue weighted by atomic mass is 35.5. The van der Waals surface area contributed by atoms with Crippen LogP contribution in [0.2, 0.25) is 5.02 Å². The summed E-state index contributed by atoms with van der Waals surface area (Å²) in [5.74, 6) is 0.788. The van der Waals surface area contributed by atoms with Gasteiger partial charge in [0.1, 0.15) is 17.9 Å². The molecule has 2 N–H and O–H groups in total. The number of phenols is 1. The highest BCUT2D eigenvalue weighted by Gasteiger charge is 2.16. The lowest BCUT2D eigenvalue weighted by molar-refractivity contribution is 0.201. The smallest absolute Gasteiger partial charge is 0.141 e. The molecule has 0 aliphatic heterocycles. The Morgan fingerprint density at radius 1 is 1.03 bits per heavy atom. The van der Waals surface area contributed by atoms with Gasteiger partial charge in [-0.25, -0.2) is 9.97 Å². The molecule has 2 heterocycles. The number of nitrogens with one attached hydrogen (secondary N) is 1. The average molecular weight is 434 g/mol. The van der Waals surface area contributed by atoms with E-state index in [1.807, 2.05) is 42.5 Å². The van der Waals surface area contributed by atoms with E-state index in [1.165, 1.54) is 6.33 Å². The summed E-state index contributed by atoms with van der Waals surface area (Å²) in [5, 5.41) is 15.2. The lowest BCUT2D eigenvalue weighted by Gasteiger charge is -2.27. The van der Waals surface area contributed by atoms with Crippen LogP contribution in [0.1, 0.15) is 25.0 Å². The average Bonchev–Trinajstić information content (AvgIpc) is 2.77. The van der Waals surface area contributed by atoms with Gasteiger partial charge in [-0.05, 0) is 55.8 Å². The van der Waals surface area contributed by atoms with Crippen molar-refractivity contribution in [3.05, 3.63) is 83.4 Å². The molecule has 6 nitrogen and oxygen atoms in total. The van der Waals surface area contributed by atoms with Crippen LogP contribution >= 0.6 is 11.6 Å². The van der Waals surface area contributed by atoms with Crippen LogP contribution in [0.3, 0.4) is 0 Å². The fourth-order valence-corrected chi connectivity index (χ4v) is 3.69. The van der Waals surface area contributed by atoms with Crippen LogP contribution in [0.4, 0.5) is 11.5 Å². The van der Waals surface area contributed by atoms with Crippen molar-refractivity contribution in [2.24, 2.45) is 0 Å². The number of pyridine rings is 1. The first-order chi connectivity index (χ1) is 15.0. The molecule has 31 heavy (non-hydrogen) atoms. The second-order valence-electron chi connectivity index (χ2n) is 7.68. The lowest BCUT2D eigenvalue weighted by atomic mass is 10.1. The van der Waals surface area contributed by atoms with Gasteiger partial charge in [-0.3, -0.25) is 9.88 Å². The van der Waals surface area contributed by atoms with E-state index >= 15 is 0 Å². The summed E-state index contributed by atoms with van der Waals surface area (Å²) in [7, 11) is 0. The van der Waals surface area contributed by atoms with Gasteiger partial charge >= 0.3 is 0 Å². The first kappa shape index (κ1) is 21.0. The van der Waals surface area contributed by atoms with Crippen LogP contribution in [-0.4, -0.2) is 31.0 Å². The molecule has 0 atom stereocenters. The summed E-state index contributed by atoms with van der Waals surface area (Å²) >= 11 is 6.38. The first-order valence-electron chi connectivity index (χ1n) is 10.1. The molecule has 0 fully saturated rings.